The van der Waals surface area contributed by atoms with Gasteiger partial charge >= 0.3 is 0 Å². The summed E-state index contributed by atoms with van der Waals surface area (Å²) in [5, 5.41) is 5.11. The molecule has 0 spiro atoms. The molecule has 0 saturated heterocycles. The molecule has 1 aliphatic rings. The van der Waals surface area contributed by atoms with Gasteiger partial charge in [0.05, 0.1) is 27.8 Å². The maximum Gasteiger partial charge on any atom is 0.264 e. The van der Waals surface area contributed by atoms with Crippen LogP contribution in [0.3, 0.4) is 0 Å². The summed E-state index contributed by atoms with van der Waals surface area (Å²) in [4.78, 5) is 19.3. The first-order valence-corrected chi connectivity index (χ1v) is 15.5. The normalized spacial score (nSPS) is 13.8. The highest BCUT2D eigenvalue weighted by Crippen LogP contribution is 2.53. The SMILES string of the molecule is CC1(C)c2ccccc2-c2ccc3c4ccccc4n(-c4ccc5nc(-c6ccccc6)n6c(=O)c7ccccc7c4c56)c3c21. The Bertz CT molecular complexity index is 2750. The second kappa shape index (κ2) is 8.46. The molecular weight excluding hydrogens is 550 g/mol. The molecule has 10 rings (SSSR count). The van der Waals surface area contributed by atoms with Crippen molar-refractivity contribution >= 4 is 49.0 Å². The van der Waals surface area contributed by atoms with E-state index in [4.69, 9.17) is 4.98 Å². The van der Waals surface area contributed by atoms with Gasteiger partial charge in [-0.15, -0.1) is 0 Å². The summed E-state index contributed by atoms with van der Waals surface area (Å²) in [5.74, 6) is 0.670. The lowest BCUT2D eigenvalue weighted by Crippen LogP contribution is -2.17. The molecule has 0 atom stereocenters. The first-order valence-electron chi connectivity index (χ1n) is 15.5. The van der Waals surface area contributed by atoms with Crippen molar-refractivity contribution in [3.63, 3.8) is 0 Å². The summed E-state index contributed by atoms with van der Waals surface area (Å²) < 4.78 is 4.29. The fourth-order valence-electron chi connectivity index (χ4n) is 8.16. The Morgan fingerprint density at radius 2 is 1.31 bits per heavy atom. The van der Waals surface area contributed by atoms with Crippen molar-refractivity contribution in [2.75, 3.05) is 0 Å². The number of hydrogen-bond acceptors (Lipinski definition) is 2. The lowest BCUT2D eigenvalue weighted by atomic mass is 9.81. The summed E-state index contributed by atoms with van der Waals surface area (Å²) >= 11 is 0. The molecule has 45 heavy (non-hydrogen) atoms. The summed E-state index contributed by atoms with van der Waals surface area (Å²) in [6.07, 6.45) is 0. The van der Waals surface area contributed by atoms with E-state index in [2.05, 4.69) is 97.3 Å². The number of hydrogen-bond donors (Lipinski definition) is 0. The number of imidazole rings is 1. The van der Waals surface area contributed by atoms with Gasteiger partial charge in [0.2, 0.25) is 0 Å². The van der Waals surface area contributed by atoms with Gasteiger partial charge in [0, 0.05) is 32.5 Å². The van der Waals surface area contributed by atoms with Gasteiger partial charge < -0.3 is 4.57 Å². The van der Waals surface area contributed by atoms with Gasteiger partial charge in [-0.3, -0.25) is 9.20 Å². The molecule has 4 heteroatoms. The zero-order valence-electron chi connectivity index (χ0n) is 24.9. The number of rotatable bonds is 2. The van der Waals surface area contributed by atoms with Crippen molar-refractivity contribution < 1.29 is 0 Å². The van der Waals surface area contributed by atoms with E-state index >= 15 is 0 Å². The molecule has 9 aromatic rings. The molecule has 3 aromatic heterocycles. The predicted octanol–water partition coefficient (Wildman–Crippen LogP) is 9.51. The van der Waals surface area contributed by atoms with Gasteiger partial charge in [0.15, 0.2) is 0 Å². The molecule has 0 bridgehead atoms. The predicted molar refractivity (Wildman–Crippen MR) is 185 cm³/mol. The second-order valence-corrected chi connectivity index (χ2v) is 12.7. The Hall–Kier alpha value is -5.74. The van der Waals surface area contributed by atoms with Gasteiger partial charge in [-0.2, -0.15) is 0 Å². The minimum Gasteiger partial charge on any atom is -0.308 e. The standard InChI is InChI=1S/C41H27N3O/c1-41(2)31-18-10-8-14-25(31)28-20-21-29-26-15-9-11-19-33(26)43(37(29)36(28)41)34-23-22-32-38-35(34)27-16-6-7-17-30(27)40(45)44(38)39(42-32)24-12-4-3-5-13-24/h3-23H,1-2H3. The lowest BCUT2D eigenvalue weighted by Gasteiger charge is -2.24. The van der Waals surface area contributed by atoms with Gasteiger partial charge in [-0.1, -0.05) is 117 Å². The maximum atomic E-state index is 14.3. The first-order chi connectivity index (χ1) is 22.0. The summed E-state index contributed by atoms with van der Waals surface area (Å²) in [7, 11) is 0. The van der Waals surface area contributed by atoms with Crippen LogP contribution in [-0.4, -0.2) is 14.0 Å². The van der Waals surface area contributed by atoms with Gasteiger partial charge in [-0.25, -0.2) is 4.98 Å². The topological polar surface area (TPSA) is 39.3 Å². The molecule has 0 fully saturated rings. The monoisotopic (exact) mass is 577 g/mol. The summed E-state index contributed by atoms with van der Waals surface area (Å²) in [6, 6.07) is 44.5. The number of para-hydroxylation sites is 1. The smallest absolute Gasteiger partial charge is 0.264 e. The van der Waals surface area contributed by atoms with Crippen LogP contribution in [0.5, 0.6) is 0 Å². The van der Waals surface area contributed by atoms with Crippen LogP contribution in [-0.2, 0) is 5.41 Å². The quantitative estimate of drug-likeness (QED) is 0.192. The van der Waals surface area contributed by atoms with Crippen LogP contribution in [0.4, 0.5) is 0 Å². The second-order valence-electron chi connectivity index (χ2n) is 12.7. The molecule has 212 valence electrons. The van der Waals surface area contributed by atoms with Crippen LogP contribution < -0.4 is 5.56 Å². The van der Waals surface area contributed by atoms with Crippen LogP contribution in [0.25, 0.3) is 77.2 Å². The van der Waals surface area contributed by atoms with E-state index in [0.717, 1.165) is 38.6 Å². The molecule has 0 saturated carbocycles. The van der Waals surface area contributed by atoms with E-state index < -0.39 is 0 Å². The lowest BCUT2D eigenvalue weighted by molar-refractivity contribution is 0.664. The van der Waals surface area contributed by atoms with Crippen molar-refractivity contribution in [2.24, 2.45) is 0 Å². The van der Waals surface area contributed by atoms with Crippen molar-refractivity contribution in [1.29, 1.82) is 0 Å². The van der Waals surface area contributed by atoms with Crippen LogP contribution >= 0.6 is 0 Å². The van der Waals surface area contributed by atoms with Gasteiger partial charge in [0.25, 0.3) is 5.56 Å². The zero-order chi connectivity index (χ0) is 30.0. The zero-order valence-corrected chi connectivity index (χ0v) is 24.9. The average molecular weight is 578 g/mol. The van der Waals surface area contributed by atoms with E-state index in [0.29, 0.717) is 11.2 Å². The maximum absolute atomic E-state index is 14.3. The molecule has 0 amide bonds. The Balaban J connectivity index is 1.44. The van der Waals surface area contributed by atoms with Crippen molar-refractivity contribution in [1.82, 2.24) is 14.0 Å². The Morgan fingerprint density at radius 1 is 0.600 bits per heavy atom. The molecule has 4 nitrogen and oxygen atoms in total. The van der Waals surface area contributed by atoms with Gasteiger partial charge in [-0.05, 0) is 51.9 Å². The van der Waals surface area contributed by atoms with E-state index in [-0.39, 0.29) is 11.0 Å². The van der Waals surface area contributed by atoms with Crippen molar-refractivity contribution in [3.8, 4) is 28.2 Å². The third kappa shape index (κ3) is 3.01. The van der Waals surface area contributed by atoms with E-state index in [1.807, 2.05) is 52.9 Å². The molecule has 0 aliphatic heterocycles. The number of aromatic nitrogens is 3. The third-order valence-corrected chi connectivity index (χ3v) is 10.1. The van der Waals surface area contributed by atoms with E-state index in [9.17, 15) is 4.79 Å². The van der Waals surface area contributed by atoms with Crippen LogP contribution in [0.15, 0.2) is 132 Å². The molecule has 0 unspecified atom stereocenters. The number of benzene rings is 6. The Kier molecular flexibility index (Phi) is 4.64. The van der Waals surface area contributed by atoms with E-state index in [1.54, 1.807) is 0 Å². The largest absolute Gasteiger partial charge is 0.308 e. The minimum absolute atomic E-state index is 0.0451. The molecule has 1 aliphatic carbocycles. The van der Waals surface area contributed by atoms with Crippen LogP contribution in [0.1, 0.15) is 25.0 Å². The number of fused-ring (bicyclic) bond motifs is 9. The molecular formula is C41H27N3O. The van der Waals surface area contributed by atoms with Crippen molar-refractivity contribution in [3.05, 3.63) is 149 Å². The van der Waals surface area contributed by atoms with Crippen LogP contribution in [0.2, 0.25) is 0 Å². The minimum atomic E-state index is -0.199. The van der Waals surface area contributed by atoms with E-state index in [1.165, 1.54) is 38.5 Å². The molecule has 3 heterocycles. The highest BCUT2D eigenvalue weighted by Gasteiger charge is 2.38. The molecule has 0 N–H and O–H groups in total. The van der Waals surface area contributed by atoms with Crippen molar-refractivity contribution in [2.45, 2.75) is 19.3 Å². The Labute approximate surface area is 258 Å². The third-order valence-electron chi connectivity index (χ3n) is 10.1. The highest BCUT2D eigenvalue weighted by atomic mass is 16.1. The Morgan fingerprint density at radius 3 is 2.16 bits per heavy atom. The number of nitrogens with zero attached hydrogens (tertiary/aromatic N) is 3. The molecule has 0 radical (unpaired) electrons. The first kappa shape index (κ1) is 24.7. The number of pyridine rings is 1. The summed E-state index contributed by atoms with van der Waals surface area (Å²) in [5.41, 5.74) is 11.0. The fraction of sp³-hybridized carbons (Fsp3) is 0.0732. The summed E-state index contributed by atoms with van der Waals surface area (Å²) in [6.45, 7) is 4.70. The average Bonchev–Trinajstić information content (AvgIpc) is 3.71. The van der Waals surface area contributed by atoms with Gasteiger partial charge in [0.1, 0.15) is 5.82 Å². The molecule has 6 aromatic carbocycles. The highest BCUT2D eigenvalue weighted by molar-refractivity contribution is 6.19. The van der Waals surface area contributed by atoms with Crippen LogP contribution in [0, 0.1) is 0 Å². The fourth-order valence-corrected chi connectivity index (χ4v) is 8.16.